The number of hydrogen-bond acceptors (Lipinski definition) is 6. The number of carbonyl (C=O) groups excluding carboxylic acids is 1. The molecule has 1 saturated heterocycles. The fourth-order valence-corrected chi connectivity index (χ4v) is 5.01. The van der Waals surface area contributed by atoms with E-state index in [1.807, 2.05) is 50.2 Å². The Balaban J connectivity index is 0.00000231. The molecule has 2 N–H and O–H groups in total. The van der Waals surface area contributed by atoms with Gasteiger partial charge < -0.3 is 10.1 Å². The average Bonchev–Trinajstić information content (AvgIpc) is 3.49. The van der Waals surface area contributed by atoms with E-state index in [2.05, 4.69) is 25.5 Å². The lowest BCUT2D eigenvalue weighted by Gasteiger charge is -2.21. The first-order valence-electron chi connectivity index (χ1n) is 12.9. The molecule has 218 valence electrons. The Morgan fingerprint density at radius 2 is 1.78 bits per heavy atom. The Bertz CT molecular complexity index is 1440. The molecule has 5 rings (SSSR count). The highest BCUT2D eigenvalue weighted by atomic mass is 35.5. The molecule has 2 atom stereocenters. The number of methoxy groups -OCH3 is 1. The molecule has 3 heterocycles. The first kappa shape index (κ1) is 32.0. The third-order valence-corrected chi connectivity index (χ3v) is 7.01. The van der Waals surface area contributed by atoms with Crippen molar-refractivity contribution in [2.75, 3.05) is 38.7 Å². The van der Waals surface area contributed by atoms with E-state index in [-0.39, 0.29) is 48.6 Å². The third-order valence-electron chi connectivity index (χ3n) is 7.01. The topological polar surface area (TPSA) is 97.2 Å². The molecular weight excluding hydrogens is 568 g/mol. The zero-order valence-corrected chi connectivity index (χ0v) is 24.7. The summed E-state index contributed by atoms with van der Waals surface area (Å²) in [6.45, 7) is 6.36. The molecule has 4 aromatic rings. The van der Waals surface area contributed by atoms with Crippen LogP contribution < -0.4 is 10.6 Å². The number of rotatable bonds is 8. The largest absolute Gasteiger partial charge is 0.383 e. The molecule has 2 amide bonds. The van der Waals surface area contributed by atoms with Gasteiger partial charge in [-0.05, 0) is 43.7 Å². The minimum atomic E-state index is -0.359. The number of para-hydroxylation sites is 1. The molecule has 0 bridgehead atoms. The zero-order valence-electron chi connectivity index (χ0n) is 23.1. The molecule has 9 nitrogen and oxygen atoms in total. The molecule has 12 heteroatoms. The van der Waals surface area contributed by atoms with E-state index in [0.29, 0.717) is 37.0 Å². The van der Waals surface area contributed by atoms with Gasteiger partial charge in [0.2, 0.25) is 0 Å². The predicted molar refractivity (Wildman–Crippen MR) is 162 cm³/mol. The summed E-state index contributed by atoms with van der Waals surface area (Å²) < 4.78 is 21.0. The normalized spacial score (nSPS) is 16.5. The van der Waals surface area contributed by atoms with Crippen molar-refractivity contribution in [1.29, 1.82) is 0 Å². The molecule has 2 aromatic carbocycles. The summed E-state index contributed by atoms with van der Waals surface area (Å²) in [5, 5.41) is 11.0. The van der Waals surface area contributed by atoms with Crippen LogP contribution in [0, 0.1) is 19.7 Å². The molecule has 0 saturated carbocycles. The molecule has 0 radical (unpaired) electrons. The van der Waals surface area contributed by atoms with Crippen molar-refractivity contribution in [3.8, 4) is 16.9 Å². The van der Waals surface area contributed by atoms with Crippen molar-refractivity contribution in [2.24, 2.45) is 0 Å². The first-order valence-corrected chi connectivity index (χ1v) is 12.9. The molecule has 41 heavy (non-hydrogen) atoms. The Hall–Kier alpha value is -3.57. The Labute approximate surface area is 251 Å². The Morgan fingerprint density at radius 3 is 2.46 bits per heavy atom. The molecule has 0 aliphatic carbocycles. The number of aryl methyl sites for hydroxylation is 1. The lowest BCUT2D eigenvalue weighted by atomic mass is 9.94. The number of nitrogens with zero attached hydrogens (tertiary/aromatic N) is 5. The van der Waals surface area contributed by atoms with Crippen LogP contribution in [0.3, 0.4) is 0 Å². The summed E-state index contributed by atoms with van der Waals surface area (Å²) in [6.07, 6.45) is 3.46. The first-order chi connectivity index (χ1) is 18.9. The van der Waals surface area contributed by atoms with Crippen molar-refractivity contribution >= 4 is 36.7 Å². The van der Waals surface area contributed by atoms with Crippen molar-refractivity contribution in [3.05, 3.63) is 89.8 Å². The summed E-state index contributed by atoms with van der Waals surface area (Å²) in [7, 11) is 1.67. The number of carbonyl (C=O) groups is 1. The monoisotopic (exact) mass is 601 g/mol. The summed E-state index contributed by atoms with van der Waals surface area (Å²) in [5.74, 6) is 0.858. The van der Waals surface area contributed by atoms with Gasteiger partial charge in [0.1, 0.15) is 23.2 Å². The minimum Gasteiger partial charge on any atom is -0.383 e. The lowest BCUT2D eigenvalue weighted by Crippen LogP contribution is -2.42. The van der Waals surface area contributed by atoms with Gasteiger partial charge in [-0.25, -0.2) is 23.8 Å². The highest BCUT2D eigenvalue weighted by Gasteiger charge is 2.35. The van der Waals surface area contributed by atoms with E-state index in [1.165, 1.54) is 6.07 Å². The maximum Gasteiger partial charge on any atom is 0.320 e. The maximum absolute atomic E-state index is 14.1. The van der Waals surface area contributed by atoms with E-state index < -0.39 is 0 Å². The fraction of sp³-hybridized carbons (Fsp3) is 0.310. The van der Waals surface area contributed by atoms with Gasteiger partial charge in [0.05, 0.1) is 18.3 Å². The van der Waals surface area contributed by atoms with E-state index in [0.717, 1.165) is 28.9 Å². The zero-order chi connectivity index (χ0) is 27.4. The number of nitrogens with one attached hydrogen (secondary N) is 2. The summed E-state index contributed by atoms with van der Waals surface area (Å²) >= 11 is 0. The molecule has 1 aliphatic rings. The highest BCUT2D eigenvalue weighted by Crippen LogP contribution is 2.31. The molecule has 0 spiro atoms. The van der Waals surface area contributed by atoms with Gasteiger partial charge in [-0.2, -0.15) is 5.10 Å². The van der Waals surface area contributed by atoms with Gasteiger partial charge in [-0.3, -0.25) is 10.2 Å². The van der Waals surface area contributed by atoms with Crippen LogP contribution >= 0.6 is 24.8 Å². The number of benzene rings is 2. The van der Waals surface area contributed by atoms with Gasteiger partial charge in [-0.15, -0.1) is 24.8 Å². The highest BCUT2D eigenvalue weighted by molar-refractivity contribution is 5.91. The molecule has 1 aliphatic heterocycles. The second-order valence-corrected chi connectivity index (χ2v) is 9.71. The number of urea groups is 1. The number of hydrogen-bond donors (Lipinski definition) is 2. The summed E-state index contributed by atoms with van der Waals surface area (Å²) in [6, 6.07) is 15.6. The minimum absolute atomic E-state index is 0. The van der Waals surface area contributed by atoms with Crippen LogP contribution in [-0.4, -0.2) is 70.1 Å². The van der Waals surface area contributed by atoms with Crippen LogP contribution in [0.2, 0.25) is 0 Å². The van der Waals surface area contributed by atoms with Crippen molar-refractivity contribution in [1.82, 2.24) is 30.0 Å². The summed E-state index contributed by atoms with van der Waals surface area (Å²) in [5.41, 5.74) is 3.88. The van der Waals surface area contributed by atoms with Gasteiger partial charge in [-0.1, -0.05) is 30.3 Å². The van der Waals surface area contributed by atoms with Crippen molar-refractivity contribution in [3.63, 3.8) is 0 Å². The number of anilines is 1. The standard InChI is InChI=1S/C29H32FN7O2.2ClH/c1-19-27(22-15-31-20(2)32-16-22)35-37(24-10-5-4-6-11-24)28(19)34-29(38)33-26-18-36(12-13-39-3)17-25(26)21-8-7-9-23(30)14-21;;/h4-11,14-16,25-26H,12-13,17-18H2,1-3H3,(H2,33,34,38);2*1H/t25-,26+;;/m0../s1. The van der Waals surface area contributed by atoms with Crippen LogP contribution in [0.15, 0.2) is 67.0 Å². The van der Waals surface area contributed by atoms with Crippen LogP contribution in [0.1, 0.15) is 22.9 Å². The van der Waals surface area contributed by atoms with Crippen molar-refractivity contribution < 1.29 is 13.9 Å². The van der Waals surface area contributed by atoms with E-state index in [1.54, 1.807) is 36.3 Å². The van der Waals surface area contributed by atoms with Crippen LogP contribution in [0.4, 0.5) is 15.0 Å². The van der Waals surface area contributed by atoms with Crippen LogP contribution in [-0.2, 0) is 4.74 Å². The number of ether oxygens (including phenoxy) is 1. The maximum atomic E-state index is 14.1. The Morgan fingerprint density at radius 1 is 1.05 bits per heavy atom. The SMILES string of the molecule is COCCN1C[C@@H](NC(=O)Nc2c(C)c(-c3cnc(C)nc3)nn2-c2ccccc2)[C@H](c2cccc(F)c2)C1.Cl.Cl. The number of likely N-dealkylation sites (tertiary alicyclic amines) is 1. The Kier molecular flexibility index (Phi) is 11.2. The third kappa shape index (κ3) is 7.39. The van der Waals surface area contributed by atoms with Crippen LogP contribution in [0.25, 0.3) is 16.9 Å². The number of amides is 2. The smallest absolute Gasteiger partial charge is 0.320 e. The quantitative estimate of drug-likeness (QED) is 0.289. The second-order valence-electron chi connectivity index (χ2n) is 9.71. The summed E-state index contributed by atoms with van der Waals surface area (Å²) in [4.78, 5) is 24.3. The molecule has 2 aromatic heterocycles. The van der Waals surface area contributed by atoms with Crippen molar-refractivity contribution in [2.45, 2.75) is 25.8 Å². The number of halogens is 3. The second kappa shape index (κ2) is 14.4. The predicted octanol–water partition coefficient (Wildman–Crippen LogP) is 5.16. The fourth-order valence-electron chi connectivity index (χ4n) is 5.01. The molecule has 0 unspecified atom stereocenters. The van der Waals surface area contributed by atoms with Gasteiger partial charge >= 0.3 is 6.03 Å². The molecular formula is C29H34Cl2FN7O2. The lowest BCUT2D eigenvalue weighted by molar-refractivity contribution is 0.159. The molecule has 1 fully saturated rings. The van der Waals surface area contributed by atoms with Gasteiger partial charge in [0.15, 0.2) is 0 Å². The van der Waals surface area contributed by atoms with Crippen LogP contribution in [0.5, 0.6) is 0 Å². The van der Waals surface area contributed by atoms with E-state index in [4.69, 9.17) is 9.84 Å². The van der Waals surface area contributed by atoms with E-state index >= 15 is 0 Å². The van der Waals surface area contributed by atoms with Gasteiger partial charge in [0, 0.05) is 56.2 Å². The van der Waals surface area contributed by atoms with Gasteiger partial charge in [0.25, 0.3) is 0 Å². The average molecular weight is 603 g/mol. The number of aromatic nitrogens is 4. The van der Waals surface area contributed by atoms with E-state index in [9.17, 15) is 9.18 Å².